The zero-order valence-corrected chi connectivity index (χ0v) is 18.2. The van der Waals surface area contributed by atoms with Gasteiger partial charge in [0.1, 0.15) is 4.87 Å². The summed E-state index contributed by atoms with van der Waals surface area (Å²) < 4.78 is 23.2. The standard InChI is InChI=1S/C24H17ClN2O4S/c25-24-17-7-3-1-5-15(17)19(16-6-2-4-8-18(16)24)20-21(24)23(29)27(22(20)28)13-9-11-14(12-10-13)32(26,30)31/h1-12,19-21H,(H2,26,30,31)/t19?,20-,21+,24?/m1/s1. The molecule has 3 aromatic carbocycles. The summed E-state index contributed by atoms with van der Waals surface area (Å²) in [7, 11) is -3.89. The Labute approximate surface area is 189 Å². The van der Waals surface area contributed by atoms with E-state index >= 15 is 0 Å². The highest BCUT2D eigenvalue weighted by Crippen LogP contribution is 2.65. The van der Waals surface area contributed by atoms with Crippen LogP contribution >= 0.6 is 11.6 Å². The number of rotatable bonds is 2. The molecule has 4 aliphatic rings. The second-order valence-corrected chi connectivity index (χ2v) is 10.6. The van der Waals surface area contributed by atoms with Crippen LogP contribution in [0.25, 0.3) is 0 Å². The molecule has 6 nitrogen and oxygen atoms in total. The lowest BCUT2D eigenvalue weighted by Gasteiger charge is -2.50. The maximum Gasteiger partial charge on any atom is 0.240 e. The van der Waals surface area contributed by atoms with Crippen molar-refractivity contribution in [3.05, 3.63) is 95.1 Å². The summed E-state index contributed by atoms with van der Waals surface area (Å²) in [6, 6.07) is 20.9. The molecule has 1 heterocycles. The van der Waals surface area contributed by atoms with Crippen molar-refractivity contribution in [2.75, 3.05) is 4.90 Å². The monoisotopic (exact) mass is 464 g/mol. The molecule has 1 fully saturated rings. The number of benzene rings is 3. The second-order valence-electron chi connectivity index (χ2n) is 8.42. The number of anilines is 1. The van der Waals surface area contributed by atoms with Gasteiger partial charge in [-0.15, -0.1) is 11.6 Å². The first-order valence-electron chi connectivity index (χ1n) is 10.1. The maximum atomic E-state index is 13.7. The number of nitrogens with two attached hydrogens (primary N) is 1. The summed E-state index contributed by atoms with van der Waals surface area (Å²) in [5.74, 6) is -2.39. The van der Waals surface area contributed by atoms with E-state index < -0.39 is 26.7 Å². The highest BCUT2D eigenvalue weighted by molar-refractivity contribution is 7.89. The fourth-order valence-electron chi connectivity index (χ4n) is 5.72. The Kier molecular flexibility index (Phi) is 3.86. The quantitative estimate of drug-likeness (QED) is 0.465. The topological polar surface area (TPSA) is 97.5 Å². The fourth-order valence-corrected chi connectivity index (χ4v) is 6.81. The maximum absolute atomic E-state index is 13.7. The first-order chi connectivity index (χ1) is 15.2. The van der Waals surface area contributed by atoms with Gasteiger partial charge in [0.05, 0.1) is 22.4 Å². The highest BCUT2D eigenvalue weighted by Gasteiger charge is 2.67. The zero-order valence-electron chi connectivity index (χ0n) is 16.6. The number of primary sulfonamides is 1. The highest BCUT2D eigenvalue weighted by atomic mass is 35.5. The molecule has 2 atom stereocenters. The normalized spacial score (nSPS) is 27.8. The molecule has 1 saturated heterocycles. The number of halogens is 1. The van der Waals surface area contributed by atoms with Gasteiger partial charge in [-0.2, -0.15) is 0 Å². The number of amides is 2. The van der Waals surface area contributed by atoms with Crippen molar-refractivity contribution in [3.63, 3.8) is 0 Å². The Balaban J connectivity index is 1.54. The van der Waals surface area contributed by atoms with Gasteiger partial charge in [0.15, 0.2) is 0 Å². The molecule has 3 aromatic rings. The van der Waals surface area contributed by atoms with Crippen LogP contribution in [0.3, 0.4) is 0 Å². The van der Waals surface area contributed by atoms with Crippen molar-refractivity contribution in [3.8, 4) is 0 Å². The first kappa shape index (κ1) is 19.7. The minimum Gasteiger partial charge on any atom is -0.274 e. The summed E-state index contributed by atoms with van der Waals surface area (Å²) in [4.78, 5) is 27.3. The number of hydrogen-bond acceptors (Lipinski definition) is 4. The molecule has 2 amide bonds. The summed E-state index contributed by atoms with van der Waals surface area (Å²) in [6.07, 6.45) is 0. The van der Waals surface area contributed by atoms with Crippen molar-refractivity contribution < 1.29 is 18.0 Å². The SMILES string of the molecule is NS(=O)(=O)c1ccc(N2C(=O)[C@@H]3C4c5ccccc5C(Cl)(c5ccccc54)[C@@H]3C2=O)cc1. The molecule has 2 bridgehead atoms. The van der Waals surface area contributed by atoms with Crippen molar-refractivity contribution in [2.24, 2.45) is 17.0 Å². The third-order valence-electron chi connectivity index (χ3n) is 6.94. The number of hydrogen-bond donors (Lipinski definition) is 1. The third kappa shape index (κ3) is 2.30. The molecule has 8 heteroatoms. The number of sulfonamides is 1. The van der Waals surface area contributed by atoms with Gasteiger partial charge in [0.2, 0.25) is 21.8 Å². The lowest BCUT2D eigenvalue weighted by molar-refractivity contribution is -0.122. The Bertz CT molecular complexity index is 1390. The summed E-state index contributed by atoms with van der Waals surface area (Å²) in [5.41, 5.74) is 3.96. The van der Waals surface area contributed by atoms with Gasteiger partial charge in [-0.25, -0.2) is 18.5 Å². The van der Waals surface area contributed by atoms with E-state index in [2.05, 4.69) is 0 Å². The van der Waals surface area contributed by atoms with Crippen LogP contribution in [0.5, 0.6) is 0 Å². The Morgan fingerprint density at radius 3 is 1.88 bits per heavy atom. The third-order valence-corrected chi connectivity index (χ3v) is 8.51. The van der Waals surface area contributed by atoms with E-state index in [1.54, 1.807) is 0 Å². The van der Waals surface area contributed by atoms with Gasteiger partial charge in [-0.1, -0.05) is 48.5 Å². The fraction of sp³-hybridized carbons (Fsp3) is 0.167. The number of alkyl halides is 1. The molecule has 1 aliphatic heterocycles. The van der Waals surface area contributed by atoms with Crippen LogP contribution in [0, 0.1) is 11.8 Å². The molecular formula is C24H17ClN2O4S. The second kappa shape index (κ2) is 6.28. The van der Waals surface area contributed by atoms with Gasteiger partial charge >= 0.3 is 0 Å². The smallest absolute Gasteiger partial charge is 0.240 e. The molecule has 2 N–H and O–H groups in total. The van der Waals surface area contributed by atoms with Crippen molar-refractivity contribution in [1.29, 1.82) is 0 Å². The van der Waals surface area contributed by atoms with Gasteiger partial charge in [-0.05, 0) is 46.5 Å². The lowest BCUT2D eigenvalue weighted by Crippen LogP contribution is -2.50. The van der Waals surface area contributed by atoms with E-state index in [9.17, 15) is 18.0 Å². The Morgan fingerprint density at radius 2 is 1.34 bits per heavy atom. The predicted octanol–water partition coefficient (Wildman–Crippen LogP) is 3.08. The molecule has 0 aromatic heterocycles. The summed E-state index contributed by atoms with van der Waals surface area (Å²) >= 11 is 7.36. The molecule has 0 saturated carbocycles. The molecular weight excluding hydrogens is 448 g/mol. The molecule has 7 rings (SSSR count). The van der Waals surface area contributed by atoms with Crippen molar-refractivity contribution in [1.82, 2.24) is 0 Å². The van der Waals surface area contributed by atoms with Crippen LogP contribution < -0.4 is 10.0 Å². The Hall–Kier alpha value is -3.00. The van der Waals surface area contributed by atoms with E-state index in [0.717, 1.165) is 27.2 Å². The number of carbonyl (C=O) groups is 2. The molecule has 0 radical (unpaired) electrons. The van der Waals surface area contributed by atoms with Crippen LogP contribution in [0.2, 0.25) is 0 Å². The minimum absolute atomic E-state index is 0.0912. The molecule has 0 spiro atoms. The van der Waals surface area contributed by atoms with Crippen LogP contribution in [0.15, 0.2) is 77.7 Å². The number of nitrogens with zero attached hydrogens (tertiary/aromatic N) is 1. The van der Waals surface area contributed by atoms with Crippen LogP contribution in [0.1, 0.15) is 28.2 Å². The van der Waals surface area contributed by atoms with E-state index in [-0.39, 0.29) is 22.6 Å². The van der Waals surface area contributed by atoms with E-state index in [1.165, 1.54) is 24.3 Å². The van der Waals surface area contributed by atoms with Gasteiger partial charge in [-0.3, -0.25) is 9.59 Å². The van der Waals surface area contributed by atoms with Gasteiger partial charge in [0.25, 0.3) is 0 Å². The van der Waals surface area contributed by atoms with Crippen LogP contribution in [-0.4, -0.2) is 20.2 Å². The number of carbonyl (C=O) groups excluding carboxylic acids is 2. The van der Waals surface area contributed by atoms with E-state index in [1.807, 2.05) is 48.5 Å². The van der Waals surface area contributed by atoms with Gasteiger partial charge in [0, 0.05) is 5.92 Å². The number of imide groups is 1. The summed E-state index contributed by atoms with van der Waals surface area (Å²) in [5, 5.41) is 5.18. The molecule has 160 valence electrons. The van der Waals surface area contributed by atoms with Crippen molar-refractivity contribution in [2.45, 2.75) is 15.7 Å². The van der Waals surface area contributed by atoms with Crippen molar-refractivity contribution >= 4 is 39.1 Å². The largest absolute Gasteiger partial charge is 0.274 e. The molecule has 0 unspecified atom stereocenters. The van der Waals surface area contributed by atoms with E-state index in [4.69, 9.17) is 16.7 Å². The Morgan fingerprint density at radius 1 is 0.812 bits per heavy atom. The average molecular weight is 465 g/mol. The first-order valence-corrected chi connectivity index (χ1v) is 12.1. The van der Waals surface area contributed by atoms with Crippen LogP contribution in [-0.2, 0) is 24.5 Å². The average Bonchev–Trinajstić information content (AvgIpc) is 3.05. The predicted molar refractivity (Wildman–Crippen MR) is 119 cm³/mol. The zero-order chi connectivity index (χ0) is 22.4. The lowest BCUT2D eigenvalue weighted by atomic mass is 9.54. The molecule has 32 heavy (non-hydrogen) atoms. The summed E-state index contributed by atoms with van der Waals surface area (Å²) in [6.45, 7) is 0. The van der Waals surface area contributed by atoms with Crippen LogP contribution in [0.4, 0.5) is 5.69 Å². The van der Waals surface area contributed by atoms with Gasteiger partial charge < -0.3 is 0 Å². The minimum atomic E-state index is -3.89. The molecule has 3 aliphatic carbocycles. The van der Waals surface area contributed by atoms with E-state index in [0.29, 0.717) is 5.69 Å².